The molecule has 0 N–H and O–H groups in total. The van der Waals surface area contributed by atoms with E-state index in [1.54, 1.807) is 0 Å². The molecule has 8 heteroatoms. The molecule has 0 aliphatic carbocycles. The van der Waals surface area contributed by atoms with Crippen LogP contribution in [0.1, 0.15) is 77.6 Å². The van der Waals surface area contributed by atoms with Gasteiger partial charge in [-0.25, -0.2) is 0 Å². The minimum absolute atomic E-state index is 0.144. The Morgan fingerprint density at radius 1 is 0.635 bits per heavy atom. The van der Waals surface area contributed by atoms with Gasteiger partial charge in [0.15, 0.2) is 0 Å². The summed E-state index contributed by atoms with van der Waals surface area (Å²) >= 11 is 2.30. The van der Waals surface area contributed by atoms with Crippen LogP contribution in [0.4, 0.5) is 22.9 Å². The number of fused-ring (bicyclic) bond motifs is 9. The van der Waals surface area contributed by atoms with Gasteiger partial charge >= 0.3 is 372 Å². The van der Waals surface area contributed by atoms with E-state index < -0.39 is 0 Å². The minimum atomic E-state index is -0.324. The number of benzene rings is 8. The summed E-state index contributed by atoms with van der Waals surface area (Å²) in [5, 5.41) is 0. The van der Waals surface area contributed by atoms with E-state index in [-0.39, 0.29) is 42.0 Å². The zero-order valence-corrected chi connectivity index (χ0v) is 45.2. The first-order valence-corrected chi connectivity index (χ1v) is 26.5. The maximum atomic E-state index is 9.78. The topological polar surface area (TPSA) is 38.5 Å². The molecule has 0 radical (unpaired) electrons. The molecule has 4 heterocycles. The van der Waals surface area contributed by atoms with Crippen molar-refractivity contribution in [2.24, 2.45) is 5.92 Å². The Morgan fingerprint density at radius 2 is 1.28 bits per heavy atom. The molecule has 0 saturated heterocycles. The molecule has 6 nitrogen and oxygen atoms in total. The molecule has 8 aromatic carbocycles. The van der Waals surface area contributed by atoms with Gasteiger partial charge in [-0.1, -0.05) is 42.5 Å². The van der Waals surface area contributed by atoms with Crippen molar-refractivity contribution in [1.82, 2.24) is 14.1 Å². The van der Waals surface area contributed by atoms with E-state index >= 15 is 0 Å². The Balaban J connectivity index is 1.04. The quantitative estimate of drug-likeness (QED) is 0.107. The van der Waals surface area contributed by atoms with Gasteiger partial charge in [-0.15, -0.1) is 6.07 Å². The number of nitrogens with zero attached hydrogens (tertiary/aromatic N) is 5. The first-order chi connectivity index (χ1) is 37.4. The van der Waals surface area contributed by atoms with E-state index in [0.29, 0.717) is 43.9 Å². The van der Waals surface area contributed by atoms with Crippen molar-refractivity contribution in [2.45, 2.75) is 72.6 Å². The van der Waals surface area contributed by atoms with Gasteiger partial charge in [0.1, 0.15) is 0 Å². The summed E-state index contributed by atoms with van der Waals surface area (Å²) < 4.78 is 49.0. The average Bonchev–Trinajstić information content (AvgIpc) is 3.80. The second-order valence-electron chi connectivity index (χ2n) is 21.9. The van der Waals surface area contributed by atoms with Crippen LogP contribution in [-0.2, 0) is 36.6 Å². The van der Waals surface area contributed by atoms with Crippen molar-refractivity contribution < 1.29 is 29.6 Å². The van der Waals surface area contributed by atoms with Crippen LogP contribution in [0.2, 0.25) is 0 Å². The Morgan fingerprint density at radius 3 is 2.01 bits per heavy atom. The van der Waals surface area contributed by atoms with Crippen LogP contribution in [-0.4, -0.2) is 21.1 Å². The molecular weight excluding hydrogens is 1080 g/mol. The summed E-state index contributed by atoms with van der Waals surface area (Å²) in [7, 11) is 0. The molecule has 0 spiro atoms. The van der Waals surface area contributed by atoms with Crippen LogP contribution in [0.15, 0.2) is 188 Å². The van der Waals surface area contributed by atoms with E-state index in [4.69, 9.17) is 11.1 Å². The SMILES string of the molecule is [2H]c1c([2H])c([2H])c2c(c1[2H])n(-c1[c-]c(Oc3cccc(N4B5c6ccccc6-c6ccccc6N5c5ccc[c-]c54)n3)ccc1)[c](=[Pt])n2-c1c(-c2ccccc2)cc(CC(C)C)cc1-c1cc(C(C)(C)C)cc(C(C)(C)C)c1. The standard InChI is InChI=1S/C66H58BN5O.Pt/c1-44(2)36-45-37-54(46-22-10-9-11-23-46)64(55(38-45)47-39-48(65(3,4)5)41-49(40-47)66(6,7)8)70-43-69(58-30-16-17-31-59(58)70)50-24-20-25-51(42-50)73-63-35-21-34-62(68-63)72-61-33-19-18-32-60(61)71-57-29-15-13-27-53(57)52-26-12-14-28-56(52)67(71)72;/h9-32,34-35,37-41,44H,36H2,1-8H3;/q-2;/i16D,17D,30D,31D;. The van der Waals surface area contributed by atoms with Crippen LogP contribution in [0.25, 0.3) is 55.8 Å². The Labute approximate surface area is 452 Å². The number of hydrogen-bond donors (Lipinski definition) is 0. The van der Waals surface area contributed by atoms with E-state index in [0.717, 1.165) is 56.9 Å². The molecule has 2 aliphatic heterocycles. The monoisotopic (exact) mass is 1150 g/mol. The molecule has 0 bridgehead atoms. The molecule has 12 rings (SSSR count). The van der Waals surface area contributed by atoms with E-state index in [1.807, 2.05) is 71.3 Å². The number of imidazole rings is 1. The summed E-state index contributed by atoms with van der Waals surface area (Å²) in [4.78, 5) is 9.80. The van der Waals surface area contributed by atoms with Crippen molar-refractivity contribution in [3.8, 4) is 56.4 Å². The molecular formula is C66H58BN5OPt-2. The van der Waals surface area contributed by atoms with Crippen LogP contribution in [0.5, 0.6) is 11.6 Å². The number of hydrogen-bond acceptors (Lipinski definition) is 4. The van der Waals surface area contributed by atoms with Crippen molar-refractivity contribution in [3.05, 3.63) is 221 Å². The molecule has 10 aromatic rings. The number of pyridine rings is 1. The van der Waals surface area contributed by atoms with Gasteiger partial charge in [-0.2, -0.15) is 12.1 Å². The van der Waals surface area contributed by atoms with Gasteiger partial charge in [-0.3, -0.25) is 0 Å². The van der Waals surface area contributed by atoms with Crippen molar-refractivity contribution in [3.63, 3.8) is 0 Å². The number of anilines is 4. The fourth-order valence-corrected chi connectivity index (χ4v) is 11.7. The van der Waals surface area contributed by atoms with Crippen LogP contribution in [0.3, 0.4) is 0 Å². The Hall–Kier alpha value is -7.47. The molecule has 0 unspecified atom stereocenters. The Bertz CT molecular complexity index is 4070. The second kappa shape index (κ2) is 18.5. The molecule has 368 valence electrons. The third-order valence-corrected chi connectivity index (χ3v) is 15.2. The maximum absolute atomic E-state index is 9.78. The molecule has 0 amide bonds. The normalized spacial score (nSPS) is 13.8. The van der Waals surface area contributed by atoms with Crippen molar-refractivity contribution >= 4 is 46.4 Å². The number of aromatic nitrogens is 3. The van der Waals surface area contributed by atoms with Crippen molar-refractivity contribution in [1.29, 1.82) is 0 Å². The molecule has 2 aromatic heterocycles. The van der Waals surface area contributed by atoms with Gasteiger partial charge in [0.2, 0.25) is 0 Å². The van der Waals surface area contributed by atoms with E-state index in [9.17, 15) is 4.11 Å². The van der Waals surface area contributed by atoms with Crippen LogP contribution in [0, 0.1) is 21.9 Å². The average molecular weight is 1150 g/mol. The first-order valence-electron chi connectivity index (χ1n) is 27.4. The van der Waals surface area contributed by atoms with Crippen LogP contribution < -0.4 is 19.8 Å². The van der Waals surface area contributed by atoms with E-state index in [2.05, 4.69) is 198 Å². The van der Waals surface area contributed by atoms with Gasteiger partial charge in [-0.05, 0) is 11.6 Å². The zero-order chi connectivity index (χ0) is 54.5. The van der Waals surface area contributed by atoms with Crippen molar-refractivity contribution in [2.75, 3.05) is 9.62 Å². The fraction of sp³-hybridized carbons (Fsp3) is 0.182. The number of rotatable bonds is 9. The van der Waals surface area contributed by atoms with Gasteiger partial charge < -0.3 is 0 Å². The fourth-order valence-electron chi connectivity index (χ4n) is 10.7. The number of ether oxygens (including phenoxy) is 1. The molecule has 2 aliphatic rings. The summed E-state index contributed by atoms with van der Waals surface area (Å²) in [6.45, 7) is 17.8. The van der Waals surface area contributed by atoms with Crippen LogP contribution >= 0.6 is 0 Å². The summed E-state index contributed by atoms with van der Waals surface area (Å²) in [6, 6.07) is 62.7. The Kier molecular flexibility index (Phi) is 10.7. The van der Waals surface area contributed by atoms with Gasteiger partial charge in [0.05, 0.1) is 0 Å². The third kappa shape index (κ3) is 8.36. The van der Waals surface area contributed by atoms with E-state index in [1.165, 1.54) is 27.8 Å². The predicted octanol–water partition coefficient (Wildman–Crippen LogP) is 16.1. The third-order valence-electron chi connectivity index (χ3n) is 14.2. The number of para-hydroxylation sites is 4. The first kappa shape index (κ1) is 43.0. The summed E-state index contributed by atoms with van der Waals surface area (Å²) in [5.74, 6) is 1.80. The molecule has 0 fully saturated rings. The predicted molar refractivity (Wildman–Crippen MR) is 303 cm³/mol. The second-order valence-corrected chi connectivity index (χ2v) is 22.9. The molecule has 0 atom stereocenters. The summed E-state index contributed by atoms with van der Waals surface area (Å²) in [6.07, 6.45) is 0.840. The molecule has 74 heavy (non-hydrogen) atoms. The van der Waals surface area contributed by atoms with Gasteiger partial charge in [0, 0.05) is 11.3 Å². The molecule has 0 saturated carbocycles. The van der Waals surface area contributed by atoms with Gasteiger partial charge in [0.25, 0.3) is 0 Å². The summed E-state index contributed by atoms with van der Waals surface area (Å²) in [5.41, 5.74) is 15.8. The zero-order valence-electron chi connectivity index (χ0n) is 46.9.